The first-order valence-corrected chi connectivity index (χ1v) is 9.25. The van der Waals surface area contributed by atoms with E-state index in [-0.39, 0.29) is 17.7 Å². The van der Waals surface area contributed by atoms with Crippen molar-refractivity contribution in [3.05, 3.63) is 34.3 Å². The van der Waals surface area contributed by atoms with Gasteiger partial charge in [-0.1, -0.05) is 28.1 Å². The highest BCUT2D eigenvalue weighted by atomic mass is 79.9. The molecule has 1 aliphatic heterocycles. The van der Waals surface area contributed by atoms with E-state index in [1.165, 1.54) is 12.0 Å². The van der Waals surface area contributed by atoms with Gasteiger partial charge in [-0.2, -0.15) is 0 Å². The number of hydrogen-bond donors (Lipinski definition) is 1. The number of nitrogens with zero attached hydrogens (tertiary/aromatic N) is 1. The summed E-state index contributed by atoms with van der Waals surface area (Å²) < 4.78 is 1.05. The number of carbonyl (C=O) groups is 2. The second-order valence-electron chi connectivity index (χ2n) is 6.48. The molecule has 1 aromatic carbocycles. The lowest BCUT2D eigenvalue weighted by Gasteiger charge is -2.26. The fourth-order valence-electron chi connectivity index (χ4n) is 3.29. The van der Waals surface area contributed by atoms with Crippen molar-refractivity contribution in [2.24, 2.45) is 5.92 Å². The molecule has 0 radical (unpaired) electrons. The highest BCUT2D eigenvalue weighted by Gasteiger charge is 2.43. The molecule has 1 saturated heterocycles. The molecule has 2 amide bonds. The molecule has 0 aromatic heterocycles. The van der Waals surface area contributed by atoms with Gasteiger partial charge >= 0.3 is 0 Å². The quantitative estimate of drug-likeness (QED) is 0.855. The van der Waals surface area contributed by atoms with Crippen LogP contribution in [0.4, 0.5) is 0 Å². The zero-order chi connectivity index (χ0) is 16.2. The Kier molecular flexibility index (Phi) is 5.36. The zero-order valence-corrected chi connectivity index (χ0v) is 14.8. The lowest BCUT2D eigenvalue weighted by molar-refractivity contribution is -0.132. The van der Waals surface area contributed by atoms with E-state index >= 15 is 0 Å². The zero-order valence-electron chi connectivity index (χ0n) is 13.3. The molecule has 0 bridgehead atoms. The molecule has 0 unspecified atom stereocenters. The molecule has 1 aromatic rings. The Hall–Kier alpha value is -1.36. The lowest BCUT2D eigenvalue weighted by atomic mass is 10.1. The Bertz CT molecular complexity index is 567. The first-order valence-electron chi connectivity index (χ1n) is 8.46. The summed E-state index contributed by atoms with van der Waals surface area (Å²) in [4.78, 5) is 26.1. The maximum Gasteiger partial charge on any atom is 0.224 e. The number of amides is 2. The summed E-state index contributed by atoms with van der Waals surface area (Å²) in [6.07, 6.45) is 4.76. The molecule has 1 aliphatic carbocycles. The Morgan fingerprint density at radius 3 is 2.52 bits per heavy atom. The van der Waals surface area contributed by atoms with E-state index in [4.69, 9.17) is 0 Å². The van der Waals surface area contributed by atoms with Crippen LogP contribution in [-0.4, -0.2) is 36.3 Å². The van der Waals surface area contributed by atoms with Crippen LogP contribution in [0.25, 0.3) is 0 Å². The molecule has 1 N–H and O–H groups in total. The Balaban J connectivity index is 1.39. The number of hydrogen-bond acceptors (Lipinski definition) is 2. The first-order chi connectivity index (χ1) is 11.1. The van der Waals surface area contributed by atoms with Crippen molar-refractivity contribution in [3.8, 4) is 0 Å². The van der Waals surface area contributed by atoms with Gasteiger partial charge in [-0.25, -0.2) is 0 Å². The van der Waals surface area contributed by atoms with Crippen molar-refractivity contribution in [3.63, 3.8) is 0 Å². The molecule has 5 heteroatoms. The summed E-state index contributed by atoms with van der Waals surface area (Å²) in [6.45, 7) is 2.21. The molecule has 4 nitrogen and oxygen atoms in total. The number of rotatable bonds is 5. The molecular formula is C18H23BrN2O2. The molecule has 3 rings (SSSR count). The molecular weight excluding hydrogens is 356 g/mol. The number of piperidine rings is 1. The van der Waals surface area contributed by atoms with Gasteiger partial charge in [0.05, 0.1) is 0 Å². The predicted octanol–water partition coefficient (Wildman–Crippen LogP) is 3.07. The van der Waals surface area contributed by atoms with Gasteiger partial charge in [-0.05, 0) is 49.3 Å². The lowest BCUT2D eigenvalue weighted by Crippen LogP contribution is -2.38. The highest BCUT2D eigenvalue weighted by Crippen LogP contribution is 2.47. The molecule has 2 atom stereocenters. The Morgan fingerprint density at radius 2 is 1.83 bits per heavy atom. The number of nitrogens with one attached hydrogen (secondary N) is 1. The van der Waals surface area contributed by atoms with Crippen LogP contribution in [0.15, 0.2) is 28.7 Å². The van der Waals surface area contributed by atoms with Crippen molar-refractivity contribution in [2.45, 2.75) is 38.0 Å². The smallest absolute Gasteiger partial charge is 0.224 e. The highest BCUT2D eigenvalue weighted by molar-refractivity contribution is 9.10. The third-order valence-corrected chi connectivity index (χ3v) is 5.30. The van der Waals surface area contributed by atoms with Gasteiger partial charge in [-0.3, -0.25) is 9.59 Å². The predicted molar refractivity (Wildman–Crippen MR) is 93.0 cm³/mol. The van der Waals surface area contributed by atoms with Gasteiger partial charge < -0.3 is 10.2 Å². The van der Waals surface area contributed by atoms with Crippen molar-refractivity contribution >= 4 is 27.7 Å². The first kappa shape index (κ1) is 16.5. The molecule has 124 valence electrons. The minimum absolute atomic E-state index is 0.0706. The van der Waals surface area contributed by atoms with Crippen molar-refractivity contribution < 1.29 is 9.59 Å². The molecule has 0 spiro atoms. The van der Waals surface area contributed by atoms with E-state index in [1.54, 1.807) is 0 Å². The maximum absolute atomic E-state index is 12.2. The normalized spacial score (nSPS) is 23.4. The van der Waals surface area contributed by atoms with Gasteiger partial charge in [0.25, 0.3) is 0 Å². The van der Waals surface area contributed by atoms with Gasteiger partial charge in [0.2, 0.25) is 11.8 Å². The van der Waals surface area contributed by atoms with Gasteiger partial charge in [0.1, 0.15) is 0 Å². The average molecular weight is 379 g/mol. The largest absolute Gasteiger partial charge is 0.355 e. The van der Waals surface area contributed by atoms with Crippen LogP contribution in [0.3, 0.4) is 0 Å². The van der Waals surface area contributed by atoms with Gasteiger partial charge in [-0.15, -0.1) is 0 Å². The fourth-order valence-corrected chi connectivity index (χ4v) is 3.55. The van der Waals surface area contributed by atoms with Crippen molar-refractivity contribution in [1.82, 2.24) is 10.2 Å². The minimum atomic E-state index is 0.0706. The average Bonchev–Trinajstić information content (AvgIpc) is 3.37. The number of halogens is 1. The van der Waals surface area contributed by atoms with Crippen LogP contribution < -0.4 is 5.32 Å². The number of benzene rings is 1. The minimum Gasteiger partial charge on any atom is -0.355 e. The molecule has 1 saturated carbocycles. The van der Waals surface area contributed by atoms with E-state index in [2.05, 4.69) is 33.4 Å². The second kappa shape index (κ2) is 7.47. The summed E-state index contributed by atoms with van der Waals surface area (Å²) in [6, 6.07) is 8.17. The van der Waals surface area contributed by atoms with Crippen LogP contribution in [0.2, 0.25) is 0 Å². The van der Waals surface area contributed by atoms with Crippen LogP contribution in [0.1, 0.15) is 43.6 Å². The summed E-state index contributed by atoms with van der Waals surface area (Å²) in [5.41, 5.74) is 1.22. The Morgan fingerprint density at radius 1 is 1.13 bits per heavy atom. The van der Waals surface area contributed by atoms with E-state index < -0.39 is 0 Å². The van der Waals surface area contributed by atoms with E-state index in [0.717, 1.165) is 36.8 Å². The van der Waals surface area contributed by atoms with Gasteiger partial charge in [0.15, 0.2) is 0 Å². The molecule has 2 aliphatic rings. The SMILES string of the molecule is O=C(NCCC(=O)N1CCCCC1)[C@@H]1C[C@@H]1c1ccc(Br)cc1. The molecule has 23 heavy (non-hydrogen) atoms. The number of likely N-dealkylation sites (tertiary alicyclic amines) is 1. The fraction of sp³-hybridized carbons (Fsp3) is 0.556. The topological polar surface area (TPSA) is 49.4 Å². The monoisotopic (exact) mass is 378 g/mol. The van der Waals surface area contributed by atoms with Crippen LogP contribution >= 0.6 is 15.9 Å². The molecule has 2 fully saturated rings. The van der Waals surface area contributed by atoms with Crippen LogP contribution in [0, 0.1) is 5.92 Å². The third-order valence-electron chi connectivity index (χ3n) is 4.77. The number of carbonyl (C=O) groups excluding carboxylic acids is 2. The van der Waals surface area contributed by atoms with Crippen LogP contribution in [-0.2, 0) is 9.59 Å². The maximum atomic E-state index is 12.2. The second-order valence-corrected chi connectivity index (χ2v) is 7.40. The van der Waals surface area contributed by atoms with E-state index in [9.17, 15) is 9.59 Å². The van der Waals surface area contributed by atoms with Crippen molar-refractivity contribution in [2.75, 3.05) is 19.6 Å². The standard InChI is InChI=1S/C18H23BrN2O2/c19-14-6-4-13(5-7-14)15-12-16(15)18(23)20-9-8-17(22)21-10-2-1-3-11-21/h4-7,15-16H,1-3,8-12H2,(H,20,23)/t15-,16-/m1/s1. The van der Waals surface area contributed by atoms with E-state index in [0.29, 0.717) is 18.9 Å². The van der Waals surface area contributed by atoms with E-state index in [1.807, 2.05) is 17.0 Å². The summed E-state index contributed by atoms with van der Waals surface area (Å²) in [5, 5.41) is 2.93. The van der Waals surface area contributed by atoms with Gasteiger partial charge in [0, 0.05) is 36.4 Å². The van der Waals surface area contributed by atoms with Crippen molar-refractivity contribution in [1.29, 1.82) is 0 Å². The molecule has 1 heterocycles. The third kappa shape index (κ3) is 4.34. The summed E-state index contributed by atoms with van der Waals surface area (Å²) >= 11 is 3.42. The van der Waals surface area contributed by atoms with Crippen LogP contribution in [0.5, 0.6) is 0 Å². The summed E-state index contributed by atoms with van der Waals surface area (Å²) in [5.74, 6) is 0.664. The summed E-state index contributed by atoms with van der Waals surface area (Å²) in [7, 11) is 0. The Labute approximate surface area is 145 Å².